The molecular weight excluding hydrogens is 330 g/mol. The first-order chi connectivity index (χ1) is 10.7. The molecule has 7 atom stereocenters. The summed E-state index contributed by atoms with van der Waals surface area (Å²) in [7, 11) is 0. The lowest BCUT2D eigenvalue weighted by atomic mass is 9.69. The topological polar surface area (TPSA) is 143 Å². The summed E-state index contributed by atoms with van der Waals surface area (Å²) in [6, 6.07) is 6.25. The third-order valence-electron chi connectivity index (χ3n) is 4.37. The van der Waals surface area contributed by atoms with Crippen molar-refractivity contribution < 1.29 is 35.4 Å². The van der Waals surface area contributed by atoms with Gasteiger partial charge in [0.1, 0.15) is 18.3 Å². The van der Waals surface area contributed by atoms with Gasteiger partial charge < -0.3 is 35.4 Å². The van der Waals surface area contributed by atoms with Crippen molar-refractivity contribution in [2.24, 2.45) is 4.99 Å². The van der Waals surface area contributed by atoms with E-state index in [0.717, 1.165) is 6.21 Å². The zero-order valence-electron chi connectivity index (χ0n) is 11.7. The predicted octanol–water partition coefficient (Wildman–Crippen LogP) is -1.68. The third kappa shape index (κ3) is 2.15. The monoisotopic (exact) mass is 345 g/mol. The van der Waals surface area contributed by atoms with Crippen LogP contribution in [-0.4, -0.2) is 72.6 Å². The summed E-state index contributed by atoms with van der Waals surface area (Å²) in [5.41, 5.74) is -6.39. The number of alkyl halides is 1. The Morgan fingerprint density at radius 1 is 1.13 bits per heavy atom. The molecule has 0 bridgehead atoms. The van der Waals surface area contributed by atoms with Crippen LogP contribution in [0.15, 0.2) is 29.3 Å². The van der Waals surface area contributed by atoms with Crippen LogP contribution < -0.4 is 0 Å². The van der Waals surface area contributed by atoms with Gasteiger partial charge in [0.15, 0.2) is 23.1 Å². The molecule has 0 aliphatic carbocycles. The highest BCUT2D eigenvalue weighted by atomic mass is 35.5. The van der Waals surface area contributed by atoms with Crippen LogP contribution in [-0.2, 0) is 10.3 Å². The second-order valence-corrected chi connectivity index (χ2v) is 6.07. The first-order valence-corrected chi connectivity index (χ1v) is 7.28. The molecule has 1 saturated heterocycles. The molecule has 1 fully saturated rings. The maximum atomic E-state index is 11.0. The fourth-order valence-corrected chi connectivity index (χ4v) is 3.28. The first kappa shape index (κ1) is 16.7. The highest BCUT2D eigenvalue weighted by Crippen LogP contribution is 2.48. The minimum atomic E-state index is -2.72. The molecule has 8 nitrogen and oxygen atoms in total. The van der Waals surface area contributed by atoms with Crippen LogP contribution in [0.1, 0.15) is 5.56 Å². The highest BCUT2D eigenvalue weighted by molar-refractivity contribution is 6.19. The largest absolute Gasteiger partial charge is 0.387 e. The average Bonchev–Trinajstić information content (AvgIpc) is 2.88. The van der Waals surface area contributed by atoms with Gasteiger partial charge in [-0.15, -0.1) is 0 Å². The third-order valence-corrected chi connectivity index (χ3v) is 4.61. The SMILES string of the molecule is OC(Cl)[C@H]1O[C@@H](O)[C@H](O)[C@](O)(C2(O)C=Nc3ccccc32)[C@H]1O. The first-order valence-electron chi connectivity index (χ1n) is 6.84. The summed E-state index contributed by atoms with van der Waals surface area (Å²) >= 11 is 5.50. The van der Waals surface area contributed by atoms with Crippen LogP contribution in [0.25, 0.3) is 0 Å². The molecule has 0 spiro atoms. The highest BCUT2D eigenvalue weighted by Gasteiger charge is 2.67. The molecular formula is C14H16ClNO7. The lowest BCUT2D eigenvalue weighted by molar-refractivity contribution is -0.351. The Kier molecular flexibility index (Phi) is 3.98. The molecule has 126 valence electrons. The van der Waals surface area contributed by atoms with Gasteiger partial charge in [0, 0.05) is 11.8 Å². The van der Waals surface area contributed by atoms with Crippen molar-refractivity contribution in [2.75, 3.05) is 0 Å². The molecule has 3 rings (SSSR count). The number of benzene rings is 1. The average molecular weight is 346 g/mol. The van der Waals surface area contributed by atoms with E-state index in [1.807, 2.05) is 0 Å². The number of ether oxygens (including phenoxy) is 1. The number of para-hydroxylation sites is 1. The summed E-state index contributed by atoms with van der Waals surface area (Å²) < 4.78 is 4.82. The summed E-state index contributed by atoms with van der Waals surface area (Å²) in [5.74, 6) is 0. The van der Waals surface area contributed by atoms with Crippen molar-refractivity contribution in [3.8, 4) is 0 Å². The second kappa shape index (κ2) is 5.47. The molecule has 0 amide bonds. The number of hydrogen-bond donors (Lipinski definition) is 6. The Bertz CT molecular complexity index is 641. The Hall–Kier alpha value is -1.10. The van der Waals surface area contributed by atoms with E-state index >= 15 is 0 Å². The number of aliphatic hydroxyl groups is 6. The Balaban J connectivity index is 2.13. The van der Waals surface area contributed by atoms with Crippen LogP contribution in [0.2, 0.25) is 0 Å². The second-order valence-electron chi connectivity index (χ2n) is 5.62. The Morgan fingerprint density at radius 2 is 1.78 bits per heavy atom. The van der Waals surface area contributed by atoms with Gasteiger partial charge in [-0.25, -0.2) is 0 Å². The molecule has 1 aromatic rings. The number of rotatable bonds is 2. The van der Waals surface area contributed by atoms with Crippen LogP contribution in [0.4, 0.5) is 5.69 Å². The van der Waals surface area contributed by atoms with Crippen LogP contribution in [0, 0.1) is 0 Å². The zero-order valence-corrected chi connectivity index (χ0v) is 12.4. The van der Waals surface area contributed by atoms with Gasteiger partial charge in [0.25, 0.3) is 0 Å². The molecule has 0 radical (unpaired) electrons. The fourth-order valence-electron chi connectivity index (χ4n) is 3.08. The van der Waals surface area contributed by atoms with Gasteiger partial charge in [0.05, 0.1) is 5.69 Å². The molecule has 23 heavy (non-hydrogen) atoms. The van der Waals surface area contributed by atoms with Crippen molar-refractivity contribution in [3.63, 3.8) is 0 Å². The number of aliphatic imine (C=N–C) groups is 1. The van der Waals surface area contributed by atoms with Crippen LogP contribution in [0.3, 0.4) is 0 Å². The Labute approximate surface area is 135 Å². The van der Waals surface area contributed by atoms with Gasteiger partial charge in [0.2, 0.25) is 0 Å². The zero-order chi connectivity index (χ0) is 17.0. The summed E-state index contributed by atoms with van der Waals surface area (Å²) in [6.07, 6.45) is -6.79. The van der Waals surface area contributed by atoms with Crippen molar-refractivity contribution in [3.05, 3.63) is 29.8 Å². The number of hydrogen-bond acceptors (Lipinski definition) is 8. The Morgan fingerprint density at radius 3 is 2.43 bits per heavy atom. The molecule has 2 aliphatic heterocycles. The fraction of sp³-hybridized carbons (Fsp3) is 0.500. The molecule has 6 N–H and O–H groups in total. The smallest absolute Gasteiger partial charge is 0.184 e. The molecule has 1 aromatic carbocycles. The van der Waals surface area contributed by atoms with E-state index in [1.165, 1.54) is 6.07 Å². The number of fused-ring (bicyclic) bond motifs is 1. The maximum Gasteiger partial charge on any atom is 0.184 e. The van der Waals surface area contributed by atoms with Gasteiger partial charge in [-0.2, -0.15) is 0 Å². The van der Waals surface area contributed by atoms with E-state index in [9.17, 15) is 30.6 Å². The van der Waals surface area contributed by atoms with Gasteiger partial charge >= 0.3 is 0 Å². The summed E-state index contributed by atoms with van der Waals surface area (Å²) in [6.45, 7) is 0. The minimum Gasteiger partial charge on any atom is -0.387 e. The predicted molar refractivity (Wildman–Crippen MR) is 78.2 cm³/mol. The molecule has 2 aliphatic rings. The number of halogens is 1. The number of nitrogens with zero attached hydrogens (tertiary/aromatic N) is 1. The normalized spacial score (nSPS) is 44.1. The lowest BCUT2D eigenvalue weighted by Gasteiger charge is -2.52. The molecule has 0 aromatic heterocycles. The summed E-state index contributed by atoms with van der Waals surface area (Å²) in [5, 5.41) is 61.8. The van der Waals surface area contributed by atoms with Gasteiger partial charge in [-0.1, -0.05) is 29.8 Å². The van der Waals surface area contributed by atoms with E-state index in [4.69, 9.17) is 16.3 Å². The summed E-state index contributed by atoms with van der Waals surface area (Å²) in [4.78, 5) is 3.96. The van der Waals surface area contributed by atoms with Crippen molar-refractivity contribution >= 4 is 23.5 Å². The van der Waals surface area contributed by atoms with Crippen LogP contribution in [0.5, 0.6) is 0 Å². The van der Waals surface area contributed by atoms with E-state index in [2.05, 4.69) is 4.99 Å². The molecule has 2 unspecified atom stereocenters. The van der Waals surface area contributed by atoms with Crippen molar-refractivity contribution in [1.82, 2.24) is 0 Å². The standard InChI is InChI=1S/C14H16ClNO7/c15-11(19)8-9(17)14(22,10(18)12(20)23-8)13(21)5-16-7-4-2-1-3-6(7)13/h1-5,8-12,17-22H/t8-,9-,10-,11?,12+,13?,14-/m0/s1. The molecule has 2 heterocycles. The van der Waals surface area contributed by atoms with E-state index in [0.29, 0.717) is 5.69 Å². The van der Waals surface area contributed by atoms with Gasteiger partial charge in [-0.05, 0) is 6.07 Å². The van der Waals surface area contributed by atoms with Crippen LogP contribution >= 0.6 is 11.6 Å². The quantitative estimate of drug-likeness (QED) is 0.351. The van der Waals surface area contributed by atoms with E-state index < -0.39 is 41.4 Å². The number of aliphatic hydroxyl groups excluding tert-OH is 4. The van der Waals surface area contributed by atoms with Crippen molar-refractivity contribution in [2.45, 2.75) is 41.4 Å². The maximum absolute atomic E-state index is 11.0. The lowest BCUT2D eigenvalue weighted by Crippen LogP contribution is -2.75. The van der Waals surface area contributed by atoms with Gasteiger partial charge in [-0.3, -0.25) is 4.99 Å². The van der Waals surface area contributed by atoms with E-state index in [1.54, 1.807) is 18.2 Å². The minimum absolute atomic E-state index is 0.123. The molecule has 9 heteroatoms. The van der Waals surface area contributed by atoms with E-state index in [-0.39, 0.29) is 5.56 Å². The van der Waals surface area contributed by atoms with Crippen molar-refractivity contribution in [1.29, 1.82) is 0 Å². The molecule has 0 saturated carbocycles.